The van der Waals surface area contributed by atoms with E-state index in [1.807, 2.05) is 24.8 Å². The molecule has 0 spiro atoms. The number of hydrogen-bond donors (Lipinski definition) is 1. The number of hydrogen-bond acceptors (Lipinski definition) is 3. The van der Waals surface area contributed by atoms with E-state index in [0.717, 1.165) is 17.9 Å². The zero-order valence-electron chi connectivity index (χ0n) is 12.9. The Balaban J connectivity index is 2.11. The van der Waals surface area contributed by atoms with E-state index in [4.69, 9.17) is 10.5 Å². The molecule has 112 valence electrons. The molecule has 0 fully saturated rings. The number of aryl methyl sites for hydroxylation is 1. The van der Waals surface area contributed by atoms with Crippen molar-refractivity contribution in [3.8, 4) is 5.75 Å². The quantitative estimate of drug-likeness (QED) is 0.813. The lowest BCUT2D eigenvalue weighted by Gasteiger charge is -2.12. The molecule has 0 bridgehead atoms. The maximum absolute atomic E-state index is 5.89. The SMILES string of the molecule is COc1ccc(CC(C)N)cc1CSc1ccc(C)cc1. The molecular weight excluding hydrogens is 278 g/mol. The molecule has 0 saturated heterocycles. The lowest BCUT2D eigenvalue weighted by molar-refractivity contribution is 0.411. The van der Waals surface area contributed by atoms with Gasteiger partial charge in [0.2, 0.25) is 0 Å². The van der Waals surface area contributed by atoms with Crippen LogP contribution in [0.25, 0.3) is 0 Å². The number of benzene rings is 2. The van der Waals surface area contributed by atoms with Gasteiger partial charge in [0.25, 0.3) is 0 Å². The Bertz CT molecular complexity index is 578. The second-order valence-corrected chi connectivity index (χ2v) is 6.48. The van der Waals surface area contributed by atoms with Gasteiger partial charge in [-0.3, -0.25) is 0 Å². The normalized spacial score (nSPS) is 12.2. The Kier molecular flexibility index (Phi) is 5.71. The van der Waals surface area contributed by atoms with Crippen molar-refractivity contribution in [1.29, 1.82) is 0 Å². The maximum Gasteiger partial charge on any atom is 0.122 e. The monoisotopic (exact) mass is 301 g/mol. The van der Waals surface area contributed by atoms with Crippen LogP contribution in [0, 0.1) is 6.92 Å². The summed E-state index contributed by atoms with van der Waals surface area (Å²) in [6.45, 7) is 4.14. The van der Waals surface area contributed by atoms with Crippen LogP contribution in [0.3, 0.4) is 0 Å². The molecule has 2 aromatic rings. The van der Waals surface area contributed by atoms with Crippen molar-refractivity contribution in [2.45, 2.75) is 37.0 Å². The molecule has 0 heterocycles. The number of methoxy groups -OCH3 is 1. The van der Waals surface area contributed by atoms with E-state index >= 15 is 0 Å². The summed E-state index contributed by atoms with van der Waals surface area (Å²) in [4.78, 5) is 1.28. The molecule has 0 aliphatic heterocycles. The van der Waals surface area contributed by atoms with Gasteiger partial charge in [0, 0.05) is 22.3 Å². The second kappa shape index (κ2) is 7.53. The zero-order valence-corrected chi connectivity index (χ0v) is 13.7. The zero-order chi connectivity index (χ0) is 15.2. The highest BCUT2D eigenvalue weighted by Gasteiger charge is 2.07. The van der Waals surface area contributed by atoms with Gasteiger partial charge in [0.1, 0.15) is 5.75 Å². The molecule has 1 atom stereocenters. The fourth-order valence-electron chi connectivity index (χ4n) is 2.24. The van der Waals surface area contributed by atoms with Crippen LogP contribution in [0.4, 0.5) is 0 Å². The van der Waals surface area contributed by atoms with Crippen LogP contribution in [-0.4, -0.2) is 13.2 Å². The van der Waals surface area contributed by atoms with Gasteiger partial charge in [-0.2, -0.15) is 0 Å². The van der Waals surface area contributed by atoms with E-state index < -0.39 is 0 Å². The van der Waals surface area contributed by atoms with Crippen molar-refractivity contribution in [2.75, 3.05) is 7.11 Å². The molecule has 0 aromatic heterocycles. The van der Waals surface area contributed by atoms with Gasteiger partial charge in [-0.15, -0.1) is 11.8 Å². The largest absolute Gasteiger partial charge is 0.496 e. The van der Waals surface area contributed by atoms with Gasteiger partial charge in [0.05, 0.1) is 7.11 Å². The minimum absolute atomic E-state index is 0.177. The van der Waals surface area contributed by atoms with Crippen LogP contribution in [0.1, 0.15) is 23.6 Å². The molecule has 3 heteroatoms. The van der Waals surface area contributed by atoms with Crippen LogP contribution in [-0.2, 0) is 12.2 Å². The van der Waals surface area contributed by atoms with E-state index in [1.54, 1.807) is 7.11 Å². The molecule has 0 saturated carbocycles. The summed E-state index contributed by atoms with van der Waals surface area (Å²) in [6.07, 6.45) is 0.895. The lowest BCUT2D eigenvalue weighted by atomic mass is 10.0. The summed E-state index contributed by atoms with van der Waals surface area (Å²) < 4.78 is 5.47. The first-order valence-electron chi connectivity index (χ1n) is 7.19. The van der Waals surface area contributed by atoms with E-state index in [9.17, 15) is 0 Å². The third kappa shape index (κ3) is 4.80. The Morgan fingerprint density at radius 3 is 2.48 bits per heavy atom. The summed E-state index contributed by atoms with van der Waals surface area (Å²) >= 11 is 1.83. The van der Waals surface area contributed by atoms with Crippen molar-refractivity contribution in [1.82, 2.24) is 0 Å². The highest BCUT2D eigenvalue weighted by Crippen LogP contribution is 2.29. The van der Waals surface area contributed by atoms with Gasteiger partial charge in [-0.05, 0) is 44.0 Å². The summed E-state index contributed by atoms with van der Waals surface area (Å²) in [5.41, 5.74) is 9.67. The molecular formula is C18H23NOS. The lowest BCUT2D eigenvalue weighted by Crippen LogP contribution is -2.17. The average molecular weight is 301 g/mol. The van der Waals surface area contributed by atoms with Crippen molar-refractivity contribution in [3.05, 3.63) is 59.2 Å². The number of thioether (sulfide) groups is 1. The van der Waals surface area contributed by atoms with Crippen molar-refractivity contribution >= 4 is 11.8 Å². The standard InChI is InChI=1S/C18H23NOS/c1-13-4-7-17(8-5-13)21-12-16-11-15(10-14(2)19)6-9-18(16)20-3/h4-9,11,14H,10,12,19H2,1-3H3. The molecule has 0 aliphatic carbocycles. The van der Waals surface area contributed by atoms with Crippen molar-refractivity contribution in [2.24, 2.45) is 5.73 Å². The fourth-order valence-corrected chi connectivity index (χ4v) is 3.12. The predicted molar refractivity (Wildman–Crippen MR) is 91.1 cm³/mol. The molecule has 21 heavy (non-hydrogen) atoms. The molecule has 2 rings (SSSR count). The van der Waals surface area contributed by atoms with Gasteiger partial charge < -0.3 is 10.5 Å². The van der Waals surface area contributed by atoms with Crippen LogP contribution < -0.4 is 10.5 Å². The van der Waals surface area contributed by atoms with Crippen LogP contribution in [0.15, 0.2) is 47.4 Å². The topological polar surface area (TPSA) is 35.2 Å². The molecule has 0 amide bonds. The second-order valence-electron chi connectivity index (χ2n) is 5.43. The maximum atomic E-state index is 5.89. The van der Waals surface area contributed by atoms with Crippen LogP contribution in [0.2, 0.25) is 0 Å². The van der Waals surface area contributed by atoms with Gasteiger partial charge in [-0.1, -0.05) is 29.8 Å². The Hall–Kier alpha value is -1.45. The number of nitrogens with two attached hydrogens (primary N) is 1. The first kappa shape index (κ1) is 15.9. The molecule has 2 N–H and O–H groups in total. The summed E-state index contributed by atoms with van der Waals surface area (Å²) in [7, 11) is 1.72. The highest BCUT2D eigenvalue weighted by atomic mass is 32.2. The van der Waals surface area contributed by atoms with Gasteiger partial charge in [0.15, 0.2) is 0 Å². The van der Waals surface area contributed by atoms with E-state index in [1.165, 1.54) is 21.6 Å². The van der Waals surface area contributed by atoms with E-state index in [-0.39, 0.29) is 6.04 Å². The summed E-state index contributed by atoms with van der Waals surface area (Å²) in [5, 5.41) is 0. The first-order valence-corrected chi connectivity index (χ1v) is 8.18. The van der Waals surface area contributed by atoms with Gasteiger partial charge >= 0.3 is 0 Å². The molecule has 1 unspecified atom stereocenters. The Labute approximate surface area is 131 Å². The van der Waals surface area contributed by atoms with Crippen LogP contribution >= 0.6 is 11.8 Å². The van der Waals surface area contributed by atoms with Crippen molar-refractivity contribution in [3.63, 3.8) is 0 Å². The summed E-state index contributed by atoms with van der Waals surface area (Å²) in [5.74, 6) is 1.85. The highest BCUT2D eigenvalue weighted by molar-refractivity contribution is 7.98. The Morgan fingerprint density at radius 1 is 1.14 bits per heavy atom. The van der Waals surface area contributed by atoms with Crippen molar-refractivity contribution < 1.29 is 4.74 Å². The molecule has 2 nitrogen and oxygen atoms in total. The van der Waals surface area contributed by atoms with Crippen LogP contribution in [0.5, 0.6) is 5.75 Å². The summed E-state index contributed by atoms with van der Waals surface area (Å²) in [6, 6.07) is 15.2. The minimum atomic E-state index is 0.177. The number of ether oxygens (including phenoxy) is 1. The van der Waals surface area contributed by atoms with Gasteiger partial charge in [-0.25, -0.2) is 0 Å². The smallest absolute Gasteiger partial charge is 0.122 e. The third-order valence-corrected chi connectivity index (χ3v) is 4.38. The predicted octanol–water partition coefficient (Wildman–Crippen LogP) is 4.19. The Morgan fingerprint density at radius 2 is 1.86 bits per heavy atom. The molecule has 0 aliphatic rings. The molecule has 2 aromatic carbocycles. The minimum Gasteiger partial charge on any atom is -0.496 e. The number of rotatable bonds is 6. The fraction of sp³-hybridized carbons (Fsp3) is 0.333. The average Bonchev–Trinajstić information content (AvgIpc) is 2.46. The van der Waals surface area contributed by atoms with E-state index in [0.29, 0.717) is 0 Å². The molecule has 0 radical (unpaired) electrons. The first-order chi connectivity index (χ1) is 10.1. The van der Waals surface area contributed by atoms with E-state index in [2.05, 4.69) is 43.3 Å². The third-order valence-electron chi connectivity index (χ3n) is 3.32.